The fourth-order valence-electron chi connectivity index (χ4n) is 2.83. The second-order valence-corrected chi connectivity index (χ2v) is 6.84. The molecular formula is C21H12Cl2F2N2. The zero-order valence-electron chi connectivity index (χ0n) is 13.8. The SMILES string of the molecule is Fc1ccc(-c2cc(-c3ccc(F)cc3)n(-c3cc(Cl)cc(Cl)c3)n2)cc1. The number of halogens is 4. The van der Waals surface area contributed by atoms with Crippen molar-refractivity contribution in [2.45, 2.75) is 0 Å². The Hall–Kier alpha value is -2.69. The molecule has 4 rings (SSSR count). The lowest BCUT2D eigenvalue weighted by atomic mass is 10.1. The van der Waals surface area contributed by atoms with Crippen molar-refractivity contribution in [1.29, 1.82) is 0 Å². The summed E-state index contributed by atoms with van der Waals surface area (Å²) in [4.78, 5) is 0. The first-order chi connectivity index (χ1) is 13.0. The highest BCUT2D eigenvalue weighted by Crippen LogP contribution is 2.31. The normalized spacial score (nSPS) is 11.0. The van der Waals surface area contributed by atoms with Crippen LogP contribution in [-0.2, 0) is 0 Å². The van der Waals surface area contributed by atoms with E-state index in [9.17, 15) is 8.78 Å². The Morgan fingerprint density at radius 2 is 1.19 bits per heavy atom. The van der Waals surface area contributed by atoms with E-state index in [1.807, 2.05) is 6.07 Å². The first-order valence-electron chi connectivity index (χ1n) is 8.08. The maximum Gasteiger partial charge on any atom is 0.123 e. The van der Waals surface area contributed by atoms with Crippen molar-refractivity contribution in [3.63, 3.8) is 0 Å². The third kappa shape index (κ3) is 3.72. The molecule has 1 aromatic heterocycles. The smallest absolute Gasteiger partial charge is 0.123 e. The Balaban J connectivity index is 1.92. The molecule has 4 aromatic rings. The van der Waals surface area contributed by atoms with Gasteiger partial charge >= 0.3 is 0 Å². The number of nitrogens with zero attached hydrogens (tertiary/aromatic N) is 2. The van der Waals surface area contributed by atoms with Gasteiger partial charge in [0.2, 0.25) is 0 Å². The van der Waals surface area contributed by atoms with Crippen LogP contribution in [0.5, 0.6) is 0 Å². The van der Waals surface area contributed by atoms with Gasteiger partial charge in [0.15, 0.2) is 0 Å². The molecule has 0 unspecified atom stereocenters. The fourth-order valence-corrected chi connectivity index (χ4v) is 3.34. The molecule has 1 heterocycles. The Morgan fingerprint density at radius 1 is 0.667 bits per heavy atom. The van der Waals surface area contributed by atoms with Gasteiger partial charge in [-0.2, -0.15) is 5.10 Å². The molecule has 0 aliphatic carbocycles. The fraction of sp³-hybridized carbons (Fsp3) is 0. The third-order valence-corrected chi connectivity index (χ3v) is 4.52. The highest BCUT2D eigenvalue weighted by molar-refractivity contribution is 6.34. The Labute approximate surface area is 164 Å². The third-order valence-electron chi connectivity index (χ3n) is 4.08. The van der Waals surface area contributed by atoms with E-state index in [4.69, 9.17) is 23.2 Å². The van der Waals surface area contributed by atoms with Gasteiger partial charge in [-0.15, -0.1) is 0 Å². The minimum absolute atomic E-state index is 0.321. The second kappa shape index (κ2) is 7.14. The van der Waals surface area contributed by atoms with E-state index in [1.165, 1.54) is 24.3 Å². The van der Waals surface area contributed by atoms with E-state index >= 15 is 0 Å². The van der Waals surface area contributed by atoms with E-state index in [0.29, 0.717) is 21.4 Å². The van der Waals surface area contributed by atoms with Crippen LogP contribution in [0, 0.1) is 11.6 Å². The van der Waals surface area contributed by atoms with E-state index in [-0.39, 0.29) is 11.6 Å². The van der Waals surface area contributed by atoms with Crippen molar-refractivity contribution in [3.05, 3.63) is 94.5 Å². The number of benzene rings is 3. The van der Waals surface area contributed by atoms with Crippen LogP contribution in [0.1, 0.15) is 0 Å². The first kappa shape index (κ1) is 17.7. The van der Waals surface area contributed by atoms with Crippen LogP contribution in [0.25, 0.3) is 28.2 Å². The molecule has 0 fully saturated rings. The molecular weight excluding hydrogens is 389 g/mol. The molecule has 0 bridgehead atoms. The maximum atomic E-state index is 13.3. The van der Waals surface area contributed by atoms with Crippen LogP contribution in [0.3, 0.4) is 0 Å². The van der Waals surface area contributed by atoms with Crippen LogP contribution < -0.4 is 0 Å². The summed E-state index contributed by atoms with van der Waals surface area (Å²) in [6.45, 7) is 0. The monoisotopic (exact) mass is 400 g/mol. The van der Waals surface area contributed by atoms with Gasteiger partial charge in [0.1, 0.15) is 11.6 Å². The van der Waals surface area contributed by atoms with Gasteiger partial charge in [-0.25, -0.2) is 13.5 Å². The summed E-state index contributed by atoms with van der Waals surface area (Å²) in [5.74, 6) is -0.645. The Morgan fingerprint density at radius 3 is 1.74 bits per heavy atom. The van der Waals surface area contributed by atoms with E-state index < -0.39 is 0 Å². The molecule has 2 nitrogen and oxygen atoms in total. The van der Waals surface area contributed by atoms with Crippen molar-refractivity contribution in [3.8, 4) is 28.2 Å². The summed E-state index contributed by atoms with van der Waals surface area (Å²) in [7, 11) is 0. The number of rotatable bonds is 3. The molecule has 0 N–H and O–H groups in total. The molecule has 0 saturated heterocycles. The van der Waals surface area contributed by atoms with E-state index in [2.05, 4.69) is 5.10 Å². The summed E-state index contributed by atoms with van der Waals surface area (Å²) in [6, 6.07) is 19.1. The molecule has 0 atom stereocenters. The van der Waals surface area contributed by atoms with Gasteiger partial charge in [-0.3, -0.25) is 0 Å². The van der Waals surface area contributed by atoms with E-state index in [1.54, 1.807) is 47.1 Å². The predicted molar refractivity (Wildman–Crippen MR) is 104 cm³/mol. The highest BCUT2D eigenvalue weighted by Gasteiger charge is 2.14. The average Bonchev–Trinajstić information content (AvgIpc) is 3.07. The molecule has 134 valence electrons. The average molecular weight is 401 g/mol. The van der Waals surface area contributed by atoms with E-state index in [0.717, 1.165) is 16.8 Å². The van der Waals surface area contributed by atoms with Gasteiger partial charge in [-0.05, 0) is 72.8 Å². The summed E-state index contributed by atoms with van der Waals surface area (Å²) in [5, 5.41) is 5.59. The maximum absolute atomic E-state index is 13.3. The van der Waals surface area contributed by atoms with Gasteiger partial charge in [0.25, 0.3) is 0 Å². The van der Waals surface area contributed by atoms with Crippen LogP contribution in [0.2, 0.25) is 10.0 Å². The molecule has 3 aromatic carbocycles. The lowest BCUT2D eigenvalue weighted by molar-refractivity contribution is 0.627. The highest BCUT2D eigenvalue weighted by atomic mass is 35.5. The van der Waals surface area contributed by atoms with Crippen molar-refractivity contribution in [2.75, 3.05) is 0 Å². The van der Waals surface area contributed by atoms with Gasteiger partial charge in [0, 0.05) is 21.2 Å². The quantitative estimate of drug-likeness (QED) is 0.370. The van der Waals surface area contributed by atoms with Crippen LogP contribution in [0.4, 0.5) is 8.78 Å². The number of hydrogen-bond acceptors (Lipinski definition) is 1. The topological polar surface area (TPSA) is 17.8 Å². The van der Waals surface area contributed by atoms with Crippen molar-refractivity contribution < 1.29 is 8.78 Å². The molecule has 0 aliphatic heterocycles. The Bertz CT molecular complexity index is 1080. The van der Waals surface area contributed by atoms with Crippen LogP contribution in [0.15, 0.2) is 72.8 Å². The second-order valence-electron chi connectivity index (χ2n) is 5.97. The lowest BCUT2D eigenvalue weighted by Gasteiger charge is -2.09. The summed E-state index contributed by atoms with van der Waals surface area (Å²) >= 11 is 12.3. The van der Waals surface area contributed by atoms with Gasteiger partial charge in [-0.1, -0.05) is 23.2 Å². The van der Waals surface area contributed by atoms with Gasteiger partial charge < -0.3 is 0 Å². The molecule has 6 heteroatoms. The van der Waals surface area contributed by atoms with Crippen molar-refractivity contribution >= 4 is 23.2 Å². The standard InChI is InChI=1S/C21H12Cl2F2N2/c22-15-9-16(23)11-19(10-15)27-21(14-3-7-18(25)8-4-14)12-20(26-27)13-1-5-17(24)6-2-13/h1-12H. The first-order valence-corrected chi connectivity index (χ1v) is 8.83. The zero-order valence-corrected chi connectivity index (χ0v) is 15.3. The minimum Gasteiger partial charge on any atom is -0.232 e. The van der Waals surface area contributed by atoms with Gasteiger partial charge in [0.05, 0.1) is 17.1 Å². The molecule has 0 spiro atoms. The predicted octanol–water partition coefficient (Wildman–Crippen LogP) is 6.79. The molecule has 0 amide bonds. The number of aromatic nitrogens is 2. The molecule has 27 heavy (non-hydrogen) atoms. The number of hydrogen-bond donors (Lipinski definition) is 0. The van der Waals surface area contributed by atoms with Crippen LogP contribution in [-0.4, -0.2) is 9.78 Å². The summed E-state index contributed by atoms with van der Waals surface area (Å²) in [5.41, 5.74) is 3.57. The molecule has 0 radical (unpaired) electrons. The summed E-state index contributed by atoms with van der Waals surface area (Å²) < 4.78 is 28.3. The molecule has 0 aliphatic rings. The summed E-state index contributed by atoms with van der Waals surface area (Å²) in [6.07, 6.45) is 0. The van der Waals surface area contributed by atoms with Crippen LogP contribution >= 0.6 is 23.2 Å². The minimum atomic E-state index is -0.325. The Kier molecular flexibility index (Phi) is 4.68. The zero-order chi connectivity index (χ0) is 19.0. The lowest BCUT2D eigenvalue weighted by Crippen LogP contribution is -1.99. The largest absolute Gasteiger partial charge is 0.232 e. The van der Waals surface area contributed by atoms with Crippen molar-refractivity contribution in [2.24, 2.45) is 0 Å². The molecule has 0 saturated carbocycles. The van der Waals surface area contributed by atoms with Crippen molar-refractivity contribution in [1.82, 2.24) is 9.78 Å².